The van der Waals surface area contributed by atoms with Crippen LogP contribution < -0.4 is 15.8 Å². The van der Waals surface area contributed by atoms with Crippen molar-refractivity contribution in [1.82, 2.24) is 5.32 Å². The van der Waals surface area contributed by atoms with E-state index in [4.69, 9.17) is 13.9 Å². The Hall–Kier alpha value is -1.84. The predicted octanol–water partition coefficient (Wildman–Crippen LogP) is 3.75. The lowest BCUT2D eigenvalue weighted by Crippen LogP contribution is -2.40. The number of ether oxygens (including phenoxy) is 2. The Morgan fingerprint density at radius 1 is 1.25 bits per heavy atom. The lowest BCUT2D eigenvalue weighted by Gasteiger charge is -2.28. The summed E-state index contributed by atoms with van der Waals surface area (Å²) in [5.74, 6) is -0.161. The van der Waals surface area contributed by atoms with E-state index in [-0.39, 0.29) is 5.91 Å². The maximum atomic E-state index is 13.1. The fourth-order valence-electron chi connectivity index (χ4n) is 3.74. The number of thioether (sulfide) groups is 1. The fraction of sp³-hybridized carbons (Fsp3) is 0.696. The van der Waals surface area contributed by atoms with Gasteiger partial charge in [-0.05, 0) is 41.0 Å². The second-order valence-electron chi connectivity index (χ2n) is 7.63. The van der Waals surface area contributed by atoms with Gasteiger partial charge < -0.3 is 24.1 Å². The quantitative estimate of drug-likeness (QED) is 0.442. The smallest absolute Gasteiger partial charge is 0.338 e. The van der Waals surface area contributed by atoms with Crippen molar-refractivity contribution in [2.24, 2.45) is 4.99 Å². The first kappa shape index (κ1) is 26.4. The molecule has 32 heavy (non-hydrogen) atoms. The van der Waals surface area contributed by atoms with E-state index in [0.717, 1.165) is 25.2 Å². The number of amides is 1. The summed E-state index contributed by atoms with van der Waals surface area (Å²) in [6.45, 7) is 14.2. The molecule has 1 amide bonds. The average molecular weight is 468 g/mol. The minimum atomic E-state index is -0.948. The second-order valence-corrected chi connectivity index (χ2v) is 8.64. The third-order valence-corrected chi connectivity index (χ3v) is 6.55. The molecule has 0 fully saturated rings. The molecule has 1 aromatic heterocycles. The molecule has 0 saturated carbocycles. The van der Waals surface area contributed by atoms with Gasteiger partial charge in [-0.25, -0.2) is 4.79 Å². The average Bonchev–Trinajstić information content (AvgIpc) is 3.26. The van der Waals surface area contributed by atoms with Crippen molar-refractivity contribution in [3.63, 3.8) is 0 Å². The van der Waals surface area contributed by atoms with Crippen LogP contribution in [0.1, 0.15) is 66.2 Å². The lowest BCUT2D eigenvalue weighted by atomic mass is 10.1. The van der Waals surface area contributed by atoms with E-state index in [9.17, 15) is 9.59 Å². The molecule has 0 saturated heterocycles. The summed E-state index contributed by atoms with van der Waals surface area (Å²) in [6.07, 6.45) is 1.48. The van der Waals surface area contributed by atoms with Crippen molar-refractivity contribution < 1.29 is 18.7 Å². The van der Waals surface area contributed by atoms with E-state index < -0.39 is 23.5 Å². The molecule has 0 bridgehead atoms. The summed E-state index contributed by atoms with van der Waals surface area (Å²) in [7, 11) is 0. The van der Waals surface area contributed by atoms with Gasteiger partial charge in [-0.15, -0.1) is 11.8 Å². The highest BCUT2D eigenvalue weighted by Crippen LogP contribution is 2.30. The molecule has 0 radical (unpaired) electrons. The van der Waals surface area contributed by atoms with Crippen molar-refractivity contribution in [2.45, 2.75) is 72.3 Å². The largest absolute Gasteiger partial charge is 0.426 e. The molecule has 8 nitrogen and oxygen atoms in total. The van der Waals surface area contributed by atoms with Crippen LogP contribution in [0.15, 0.2) is 26.3 Å². The molecular formula is C23H37N3O5S. The maximum Gasteiger partial charge on any atom is 0.338 e. The number of nitrogens with one attached hydrogen (secondary N) is 1. The molecular weight excluding hydrogens is 430 g/mol. The third-order valence-electron chi connectivity index (χ3n) is 5.32. The first-order valence-electron chi connectivity index (χ1n) is 11.5. The number of rotatable bonds is 13. The van der Waals surface area contributed by atoms with E-state index in [1.54, 1.807) is 0 Å². The highest BCUT2D eigenvalue weighted by molar-refractivity contribution is 8.14. The number of carbonyl (C=O) groups is 1. The van der Waals surface area contributed by atoms with Gasteiger partial charge in [0.15, 0.2) is 0 Å². The van der Waals surface area contributed by atoms with Crippen LogP contribution in [-0.4, -0.2) is 54.8 Å². The van der Waals surface area contributed by atoms with Gasteiger partial charge in [-0.2, -0.15) is 0 Å². The summed E-state index contributed by atoms with van der Waals surface area (Å²) < 4.78 is 17.1. The normalized spacial score (nSPS) is 17.2. The molecule has 0 spiro atoms. The molecule has 180 valence electrons. The van der Waals surface area contributed by atoms with Crippen molar-refractivity contribution in [3.8, 4) is 0 Å². The monoisotopic (exact) mass is 467 g/mol. The Morgan fingerprint density at radius 2 is 1.91 bits per heavy atom. The first-order valence-corrected chi connectivity index (χ1v) is 12.5. The zero-order chi connectivity index (χ0) is 23.7. The lowest BCUT2D eigenvalue weighted by molar-refractivity contribution is -0.168. The molecule has 0 aliphatic carbocycles. The molecule has 2 heterocycles. The van der Waals surface area contributed by atoms with Crippen LogP contribution >= 0.6 is 11.8 Å². The van der Waals surface area contributed by atoms with Crippen LogP contribution in [0.5, 0.6) is 0 Å². The van der Waals surface area contributed by atoms with E-state index in [2.05, 4.69) is 15.2 Å². The van der Waals surface area contributed by atoms with Gasteiger partial charge in [0.1, 0.15) is 16.8 Å². The Balaban J connectivity index is 2.23. The van der Waals surface area contributed by atoms with Crippen LogP contribution in [0.25, 0.3) is 0 Å². The van der Waals surface area contributed by atoms with Gasteiger partial charge in [-0.3, -0.25) is 9.79 Å². The van der Waals surface area contributed by atoms with Crippen molar-refractivity contribution in [2.75, 3.05) is 37.0 Å². The highest BCUT2D eigenvalue weighted by atomic mass is 32.2. The Bertz CT molecular complexity index is 831. The minimum Gasteiger partial charge on any atom is -0.426 e. The SMILES string of the molecule is CCCC(NC(=O)C1CSC(C(C)(OCC)OCC)=N1)c1cc(N(CC)CC)cc(=O)o1. The summed E-state index contributed by atoms with van der Waals surface area (Å²) >= 11 is 1.48. The number of carbonyl (C=O) groups excluding carboxylic acids is 1. The van der Waals surface area contributed by atoms with Gasteiger partial charge in [0.05, 0.1) is 6.04 Å². The van der Waals surface area contributed by atoms with E-state index in [1.165, 1.54) is 17.8 Å². The van der Waals surface area contributed by atoms with Gasteiger partial charge in [-0.1, -0.05) is 13.3 Å². The summed E-state index contributed by atoms with van der Waals surface area (Å²) in [6, 6.07) is 2.40. The maximum absolute atomic E-state index is 13.1. The van der Waals surface area contributed by atoms with Crippen LogP contribution in [0, 0.1) is 0 Å². The van der Waals surface area contributed by atoms with Gasteiger partial charge in [0.25, 0.3) is 0 Å². The van der Waals surface area contributed by atoms with E-state index in [1.807, 2.05) is 47.6 Å². The number of anilines is 1. The van der Waals surface area contributed by atoms with Gasteiger partial charge in [0.2, 0.25) is 11.7 Å². The number of nitrogens with zero attached hydrogens (tertiary/aromatic N) is 2. The summed E-state index contributed by atoms with van der Waals surface area (Å²) in [5.41, 5.74) is 0.387. The topological polar surface area (TPSA) is 93.4 Å². The van der Waals surface area contributed by atoms with Crippen molar-refractivity contribution in [3.05, 3.63) is 28.3 Å². The molecule has 1 aliphatic heterocycles. The highest BCUT2D eigenvalue weighted by Gasteiger charge is 2.39. The molecule has 9 heteroatoms. The van der Waals surface area contributed by atoms with E-state index in [0.29, 0.717) is 36.2 Å². The standard InChI is InChI=1S/C23H37N3O5S/c1-7-12-17(19-13-16(14-20(27)31-19)26(8-2)9-3)24-21(28)18-15-32-22(25-18)23(6,29-10-4)30-11-5/h13-14,17-18H,7-12,15H2,1-6H3,(H,24,28). The summed E-state index contributed by atoms with van der Waals surface area (Å²) in [5, 5.41) is 3.72. The number of aliphatic imine (C=N–C) groups is 1. The van der Waals surface area contributed by atoms with Crippen LogP contribution in [0.2, 0.25) is 0 Å². The number of hydrogen-bond acceptors (Lipinski definition) is 8. The third kappa shape index (κ3) is 6.59. The molecule has 2 atom stereocenters. The molecule has 1 N–H and O–H groups in total. The fourth-order valence-corrected chi connectivity index (χ4v) is 4.86. The Labute approximate surface area is 195 Å². The van der Waals surface area contributed by atoms with Crippen LogP contribution in [0.4, 0.5) is 5.69 Å². The zero-order valence-corrected chi connectivity index (χ0v) is 20.9. The first-order chi connectivity index (χ1) is 15.3. The molecule has 1 aliphatic rings. The predicted molar refractivity (Wildman–Crippen MR) is 130 cm³/mol. The van der Waals surface area contributed by atoms with Crippen LogP contribution in [-0.2, 0) is 14.3 Å². The molecule has 0 aromatic carbocycles. The molecule has 1 aromatic rings. The number of hydrogen-bond donors (Lipinski definition) is 1. The Kier molecular flexibility index (Phi) is 10.2. The van der Waals surface area contributed by atoms with Crippen LogP contribution in [0.3, 0.4) is 0 Å². The minimum absolute atomic E-state index is 0.197. The second kappa shape index (κ2) is 12.4. The summed E-state index contributed by atoms with van der Waals surface area (Å²) in [4.78, 5) is 32.0. The van der Waals surface area contributed by atoms with Gasteiger partial charge >= 0.3 is 5.63 Å². The van der Waals surface area contributed by atoms with Gasteiger partial charge in [0, 0.05) is 49.9 Å². The Morgan fingerprint density at radius 3 is 2.47 bits per heavy atom. The van der Waals surface area contributed by atoms with E-state index >= 15 is 0 Å². The molecule has 2 rings (SSSR count). The zero-order valence-electron chi connectivity index (χ0n) is 20.1. The van der Waals surface area contributed by atoms with Crippen molar-refractivity contribution >= 4 is 28.4 Å². The molecule has 2 unspecified atom stereocenters. The van der Waals surface area contributed by atoms with Crippen molar-refractivity contribution in [1.29, 1.82) is 0 Å².